The molecular weight excluding hydrogens is 362 g/mol. The van der Waals surface area contributed by atoms with E-state index in [4.69, 9.17) is 0 Å². The number of carbonyl (C=O) groups excluding carboxylic acids is 2. The molecule has 0 heterocycles. The van der Waals surface area contributed by atoms with Gasteiger partial charge in [-0.15, -0.1) is 5.76 Å². The van der Waals surface area contributed by atoms with E-state index in [1.54, 1.807) is 0 Å². The van der Waals surface area contributed by atoms with E-state index in [2.05, 4.69) is 0 Å². The number of aliphatic carboxylic acids is 1. The largest absolute Gasteiger partial charge is 3.00 e. The number of carboxylic acid groups (broad SMARTS) is 1. The Morgan fingerprint density at radius 1 is 1.21 bits per heavy atom. The van der Waals surface area contributed by atoms with Crippen molar-refractivity contribution in [3.8, 4) is 0 Å². The molecule has 0 aliphatic rings. The van der Waals surface area contributed by atoms with Gasteiger partial charge in [-0.3, -0.25) is 4.79 Å². The van der Waals surface area contributed by atoms with Gasteiger partial charge in [-0.2, -0.15) is 0 Å². The van der Waals surface area contributed by atoms with Crippen molar-refractivity contribution in [2.45, 2.75) is 27.2 Å². The van der Waals surface area contributed by atoms with Crippen molar-refractivity contribution in [2.75, 3.05) is 0 Å². The maximum absolute atomic E-state index is 9.98. The predicted octanol–water partition coefficient (Wildman–Crippen LogP) is -1.02. The van der Waals surface area contributed by atoms with Gasteiger partial charge in [0, 0.05) is 5.97 Å². The van der Waals surface area contributed by atoms with Crippen molar-refractivity contribution in [1.29, 1.82) is 0 Å². The number of hydrogen-bond acceptors (Lipinski definition) is 4. The number of rotatable bonds is 2. The Hall–Kier alpha value is -0.0732. The van der Waals surface area contributed by atoms with E-state index in [1.165, 1.54) is 20.8 Å². The Bertz CT molecular complexity index is 186. The number of carboxylic acids is 1. The van der Waals surface area contributed by atoms with Crippen LogP contribution in [0.25, 0.3) is 0 Å². The third-order valence-electron chi connectivity index (χ3n) is 0.695. The van der Waals surface area contributed by atoms with Gasteiger partial charge in [0.25, 0.3) is 0 Å². The van der Waals surface area contributed by atoms with E-state index in [1.807, 2.05) is 0 Å². The molecule has 0 rings (SSSR count). The van der Waals surface area contributed by atoms with Crippen LogP contribution in [0.5, 0.6) is 0 Å². The minimum atomic E-state index is -0.995. The first kappa shape index (κ1) is 23.6. The number of carbonyl (C=O) groups is 2. The predicted molar refractivity (Wildman–Crippen MR) is 39.7 cm³/mol. The summed E-state index contributed by atoms with van der Waals surface area (Å²) in [5.41, 5.74) is 0. The molecule has 0 aromatic carbocycles. The monoisotopic (exact) mass is 376 g/mol. The molecule has 0 saturated heterocycles. The molecule has 0 N–H and O–H groups in total. The van der Waals surface area contributed by atoms with E-state index in [0.717, 1.165) is 6.08 Å². The molecule has 0 aromatic heterocycles. The van der Waals surface area contributed by atoms with Gasteiger partial charge in [0.05, 0.1) is 0 Å². The number of hydrogen-bond donors (Lipinski definition) is 0. The van der Waals surface area contributed by atoms with Crippen LogP contribution < -0.4 is 10.2 Å². The van der Waals surface area contributed by atoms with Crippen LogP contribution in [0.3, 0.4) is 0 Å². The molecule has 0 bridgehead atoms. The van der Waals surface area contributed by atoms with E-state index in [-0.39, 0.29) is 56.9 Å². The summed E-state index contributed by atoms with van der Waals surface area (Å²) in [7, 11) is 0. The fraction of sp³-hybridized carbons (Fsp3) is 0.500. The summed E-state index contributed by atoms with van der Waals surface area (Å²) in [6.07, 6.45) is 1.17. The number of ketones is 1. The molecule has 0 fully saturated rings. The molecule has 0 aliphatic carbocycles. The van der Waals surface area contributed by atoms with E-state index >= 15 is 0 Å². The summed E-state index contributed by atoms with van der Waals surface area (Å²) in [4.78, 5) is 19.2. The minimum absolute atomic E-state index is 0. The maximum atomic E-state index is 9.98. The van der Waals surface area contributed by atoms with E-state index < -0.39 is 5.97 Å². The van der Waals surface area contributed by atoms with Gasteiger partial charge < -0.3 is 15.0 Å². The van der Waals surface area contributed by atoms with Crippen LogP contribution in [0.1, 0.15) is 27.2 Å². The van der Waals surface area contributed by atoms with E-state index in [0.29, 0.717) is 0 Å². The van der Waals surface area contributed by atoms with Crippen molar-refractivity contribution in [3.05, 3.63) is 11.8 Å². The van der Waals surface area contributed by atoms with Crippen molar-refractivity contribution in [2.24, 2.45) is 0 Å². The molecule has 0 aromatic rings. The molecule has 0 saturated carbocycles. The summed E-state index contributed by atoms with van der Waals surface area (Å²) in [6.45, 7) is 4.23. The van der Waals surface area contributed by atoms with Crippen molar-refractivity contribution < 1.29 is 58.8 Å². The molecule has 14 heavy (non-hydrogen) atoms. The fourth-order valence-electron chi connectivity index (χ4n) is 0.286. The quantitative estimate of drug-likeness (QED) is 0.352. The molecule has 0 amide bonds. The Labute approximate surface area is 109 Å². The van der Waals surface area contributed by atoms with Crippen LogP contribution in [0.2, 0.25) is 0 Å². The third kappa shape index (κ3) is 40.5. The van der Waals surface area contributed by atoms with E-state index in [9.17, 15) is 19.8 Å². The molecule has 6 heteroatoms. The average Bonchev–Trinajstić information content (AvgIpc) is 1.85. The number of allylic oxidation sites excluding steroid dienone is 2. The first-order valence-electron chi connectivity index (χ1n) is 3.45. The van der Waals surface area contributed by atoms with Crippen LogP contribution >= 0.6 is 0 Å². The fourth-order valence-corrected chi connectivity index (χ4v) is 0.286. The summed E-state index contributed by atoms with van der Waals surface area (Å²) in [5, 5.41) is 19.2. The normalized spacial score (nSPS) is 8.36. The first-order chi connectivity index (χ1) is 5.40. The van der Waals surface area contributed by atoms with Crippen molar-refractivity contribution in [3.63, 3.8) is 0 Å². The second kappa shape index (κ2) is 15.4. The maximum Gasteiger partial charge on any atom is 3.00 e. The molecule has 0 atom stereocenters. The standard InChI is InChI=1S/C5H8O2.C3H6O2.2Ru/c1-4(6)3-5(2)7;1-2-3(4)5;;/h3,6H,1-2H3;2H2,1H3,(H,4,5);;/q;;+2;+3/p-2/b4-3-;;;. The zero-order valence-electron chi connectivity index (χ0n) is 8.12. The van der Waals surface area contributed by atoms with Gasteiger partial charge >= 0.3 is 39.0 Å². The molecular formula is C8H12O4Ru2+3. The molecule has 4 nitrogen and oxygen atoms in total. The second-order valence-electron chi connectivity index (χ2n) is 2.09. The van der Waals surface area contributed by atoms with Gasteiger partial charge in [-0.1, -0.05) is 13.8 Å². The van der Waals surface area contributed by atoms with Gasteiger partial charge in [0.15, 0.2) is 5.78 Å². The molecule has 1 radical (unpaired) electrons. The Kier molecular flexibility index (Phi) is 26.0. The molecule has 0 spiro atoms. The minimum Gasteiger partial charge on any atom is -0.876 e. The van der Waals surface area contributed by atoms with Crippen LogP contribution in [0, 0.1) is 0 Å². The molecule has 81 valence electrons. The smallest absolute Gasteiger partial charge is 0.876 e. The van der Waals surface area contributed by atoms with Crippen molar-refractivity contribution in [1.82, 2.24) is 0 Å². The van der Waals surface area contributed by atoms with Gasteiger partial charge in [-0.05, 0) is 19.4 Å². The van der Waals surface area contributed by atoms with Crippen LogP contribution in [-0.4, -0.2) is 11.8 Å². The Morgan fingerprint density at radius 3 is 1.50 bits per heavy atom. The summed E-state index contributed by atoms with van der Waals surface area (Å²) in [5.74, 6) is -1.37. The van der Waals surface area contributed by atoms with Crippen LogP contribution in [-0.2, 0) is 48.5 Å². The molecule has 0 unspecified atom stereocenters. The van der Waals surface area contributed by atoms with Crippen molar-refractivity contribution >= 4 is 11.8 Å². The average molecular weight is 374 g/mol. The van der Waals surface area contributed by atoms with Crippen LogP contribution in [0.15, 0.2) is 11.8 Å². The van der Waals surface area contributed by atoms with Gasteiger partial charge in [-0.25, -0.2) is 0 Å². The van der Waals surface area contributed by atoms with Crippen LogP contribution in [0.4, 0.5) is 0 Å². The summed E-state index contributed by atoms with van der Waals surface area (Å²) < 4.78 is 0. The topological polar surface area (TPSA) is 80.3 Å². The summed E-state index contributed by atoms with van der Waals surface area (Å²) in [6, 6.07) is 0. The SMILES string of the molecule is CC(=O)/C=C(/C)[O-].CCC(=O)[O-].[Ru+2].[Ru+3]. The second-order valence-corrected chi connectivity index (χ2v) is 2.09. The Balaban J connectivity index is -0.0000000651. The zero-order valence-corrected chi connectivity index (χ0v) is 11.6. The first-order valence-corrected chi connectivity index (χ1v) is 3.45. The zero-order chi connectivity index (χ0) is 10.1. The Morgan fingerprint density at radius 2 is 1.50 bits per heavy atom. The van der Waals surface area contributed by atoms with Gasteiger partial charge in [0.1, 0.15) is 0 Å². The third-order valence-corrected chi connectivity index (χ3v) is 0.695. The summed E-state index contributed by atoms with van der Waals surface area (Å²) >= 11 is 0. The van der Waals surface area contributed by atoms with Gasteiger partial charge in [0.2, 0.25) is 0 Å². The molecule has 0 aliphatic heterocycles.